The number of hydrogen-bond acceptors (Lipinski definition) is 5. The summed E-state index contributed by atoms with van der Waals surface area (Å²) in [6.45, 7) is 5.18. The van der Waals surface area contributed by atoms with Gasteiger partial charge in [0.25, 0.3) is 0 Å². The lowest BCUT2D eigenvalue weighted by atomic mass is 10.3. The Bertz CT molecular complexity index is 471. The minimum Gasteiger partial charge on any atom is -0.478 e. The van der Waals surface area contributed by atoms with Crippen molar-refractivity contribution in [3.63, 3.8) is 0 Å². The molecule has 0 atom stereocenters. The van der Waals surface area contributed by atoms with Crippen molar-refractivity contribution in [2.45, 2.75) is 20.4 Å². The third-order valence-electron chi connectivity index (χ3n) is 2.16. The maximum atomic E-state index is 5.38. The SMILES string of the molecule is CCOc1cc(NCc2ccsc2)nc(C)n1. The number of hydrogen-bond donors (Lipinski definition) is 1. The van der Waals surface area contributed by atoms with E-state index < -0.39 is 0 Å². The minimum atomic E-state index is 0.612. The average molecular weight is 249 g/mol. The number of anilines is 1. The van der Waals surface area contributed by atoms with Gasteiger partial charge in [-0.25, -0.2) is 4.98 Å². The van der Waals surface area contributed by atoms with Gasteiger partial charge >= 0.3 is 0 Å². The lowest BCUT2D eigenvalue weighted by molar-refractivity contribution is 0.325. The van der Waals surface area contributed by atoms with E-state index in [0.29, 0.717) is 18.3 Å². The molecule has 0 bridgehead atoms. The Morgan fingerprint density at radius 1 is 1.41 bits per heavy atom. The Balaban J connectivity index is 2.04. The molecule has 5 heteroatoms. The van der Waals surface area contributed by atoms with Crippen LogP contribution < -0.4 is 10.1 Å². The maximum absolute atomic E-state index is 5.38. The van der Waals surface area contributed by atoms with Crippen LogP contribution in [0.2, 0.25) is 0 Å². The normalized spacial score (nSPS) is 10.2. The summed E-state index contributed by atoms with van der Waals surface area (Å²) in [5, 5.41) is 7.44. The van der Waals surface area contributed by atoms with E-state index in [0.717, 1.165) is 12.4 Å². The molecule has 17 heavy (non-hydrogen) atoms. The van der Waals surface area contributed by atoms with Crippen molar-refractivity contribution in [2.75, 3.05) is 11.9 Å². The number of aromatic nitrogens is 2. The summed E-state index contributed by atoms with van der Waals surface area (Å²) in [4.78, 5) is 8.51. The molecule has 0 radical (unpaired) electrons. The molecule has 2 heterocycles. The van der Waals surface area contributed by atoms with Crippen molar-refractivity contribution < 1.29 is 4.74 Å². The molecule has 0 fully saturated rings. The van der Waals surface area contributed by atoms with Crippen molar-refractivity contribution in [1.82, 2.24) is 9.97 Å². The number of nitrogens with one attached hydrogen (secondary N) is 1. The first-order chi connectivity index (χ1) is 8.28. The van der Waals surface area contributed by atoms with Crippen LogP contribution in [0.15, 0.2) is 22.9 Å². The number of ether oxygens (including phenoxy) is 1. The van der Waals surface area contributed by atoms with Crippen LogP contribution in [0.3, 0.4) is 0 Å². The zero-order valence-corrected chi connectivity index (χ0v) is 10.8. The Morgan fingerprint density at radius 2 is 2.29 bits per heavy atom. The second kappa shape index (κ2) is 5.63. The molecule has 0 amide bonds. The maximum Gasteiger partial charge on any atom is 0.218 e. The van der Waals surface area contributed by atoms with Gasteiger partial charge in [-0.05, 0) is 36.2 Å². The molecule has 0 saturated carbocycles. The number of rotatable bonds is 5. The molecular weight excluding hydrogens is 234 g/mol. The summed E-state index contributed by atoms with van der Waals surface area (Å²) >= 11 is 1.69. The van der Waals surface area contributed by atoms with Gasteiger partial charge in [-0.3, -0.25) is 0 Å². The Hall–Kier alpha value is -1.62. The molecule has 0 aromatic carbocycles. The lowest BCUT2D eigenvalue weighted by Gasteiger charge is -2.08. The highest BCUT2D eigenvalue weighted by atomic mass is 32.1. The molecule has 0 saturated heterocycles. The molecule has 4 nitrogen and oxygen atoms in total. The minimum absolute atomic E-state index is 0.612. The fourth-order valence-corrected chi connectivity index (χ4v) is 2.11. The van der Waals surface area contributed by atoms with Gasteiger partial charge in [-0.15, -0.1) is 0 Å². The first kappa shape index (κ1) is 11.9. The van der Waals surface area contributed by atoms with Gasteiger partial charge in [0.2, 0.25) is 5.88 Å². The number of nitrogens with zero attached hydrogens (tertiary/aromatic N) is 2. The van der Waals surface area contributed by atoms with Crippen LogP contribution in [0.4, 0.5) is 5.82 Å². The van der Waals surface area contributed by atoms with Gasteiger partial charge in [-0.2, -0.15) is 16.3 Å². The number of thiophene rings is 1. The van der Waals surface area contributed by atoms with Gasteiger partial charge < -0.3 is 10.1 Å². The highest BCUT2D eigenvalue weighted by molar-refractivity contribution is 7.07. The van der Waals surface area contributed by atoms with Crippen LogP contribution >= 0.6 is 11.3 Å². The quantitative estimate of drug-likeness (QED) is 0.885. The van der Waals surface area contributed by atoms with Crippen LogP contribution in [0.25, 0.3) is 0 Å². The third-order valence-corrected chi connectivity index (χ3v) is 2.89. The molecule has 0 unspecified atom stereocenters. The molecular formula is C12H15N3OS. The van der Waals surface area contributed by atoms with Crippen LogP contribution in [-0.2, 0) is 6.54 Å². The molecule has 0 aliphatic rings. The van der Waals surface area contributed by atoms with E-state index in [1.54, 1.807) is 11.3 Å². The molecule has 1 N–H and O–H groups in total. The van der Waals surface area contributed by atoms with E-state index in [1.807, 2.05) is 19.9 Å². The van der Waals surface area contributed by atoms with Crippen LogP contribution in [0.5, 0.6) is 5.88 Å². The van der Waals surface area contributed by atoms with Crippen molar-refractivity contribution >= 4 is 17.2 Å². The predicted molar refractivity (Wildman–Crippen MR) is 69.6 cm³/mol. The lowest BCUT2D eigenvalue weighted by Crippen LogP contribution is -2.04. The molecule has 90 valence electrons. The van der Waals surface area contributed by atoms with Gasteiger partial charge in [0.05, 0.1) is 6.61 Å². The van der Waals surface area contributed by atoms with Crippen molar-refractivity contribution in [3.05, 3.63) is 34.3 Å². The van der Waals surface area contributed by atoms with E-state index in [9.17, 15) is 0 Å². The Kier molecular flexibility index (Phi) is 3.93. The fourth-order valence-electron chi connectivity index (χ4n) is 1.44. The van der Waals surface area contributed by atoms with Gasteiger partial charge in [0, 0.05) is 12.6 Å². The monoisotopic (exact) mass is 249 g/mol. The molecule has 2 rings (SSSR count). The molecule has 2 aromatic rings. The topological polar surface area (TPSA) is 47.0 Å². The smallest absolute Gasteiger partial charge is 0.218 e. The zero-order chi connectivity index (χ0) is 12.1. The fraction of sp³-hybridized carbons (Fsp3) is 0.333. The first-order valence-electron chi connectivity index (χ1n) is 5.51. The molecule has 0 spiro atoms. The standard InChI is InChI=1S/C12H15N3OS/c1-3-16-12-6-11(14-9(2)15-12)13-7-10-4-5-17-8-10/h4-6,8H,3,7H2,1-2H3,(H,13,14,15). The van der Waals surface area contributed by atoms with Gasteiger partial charge in [0.15, 0.2) is 0 Å². The van der Waals surface area contributed by atoms with E-state index in [4.69, 9.17) is 4.74 Å². The van der Waals surface area contributed by atoms with E-state index in [2.05, 4.69) is 32.1 Å². The summed E-state index contributed by atoms with van der Waals surface area (Å²) in [6.07, 6.45) is 0. The number of aryl methyl sites for hydroxylation is 1. The summed E-state index contributed by atoms with van der Waals surface area (Å²) in [5.41, 5.74) is 1.25. The van der Waals surface area contributed by atoms with Crippen LogP contribution in [0.1, 0.15) is 18.3 Å². The second-order valence-corrected chi connectivity index (χ2v) is 4.34. The van der Waals surface area contributed by atoms with E-state index in [1.165, 1.54) is 5.56 Å². The molecule has 0 aliphatic heterocycles. The van der Waals surface area contributed by atoms with E-state index in [-0.39, 0.29) is 0 Å². The Labute approximate surface area is 105 Å². The average Bonchev–Trinajstić information content (AvgIpc) is 2.79. The first-order valence-corrected chi connectivity index (χ1v) is 6.45. The molecule has 2 aromatic heterocycles. The Morgan fingerprint density at radius 3 is 3.00 bits per heavy atom. The summed E-state index contributed by atoms with van der Waals surface area (Å²) in [6, 6.07) is 3.91. The van der Waals surface area contributed by atoms with Crippen molar-refractivity contribution in [2.24, 2.45) is 0 Å². The highest BCUT2D eigenvalue weighted by Crippen LogP contribution is 2.15. The van der Waals surface area contributed by atoms with Gasteiger partial charge in [-0.1, -0.05) is 0 Å². The molecule has 0 aliphatic carbocycles. The second-order valence-electron chi connectivity index (χ2n) is 3.56. The van der Waals surface area contributed by atoms with E-state index >= 15 is 0 Å². The summed E-state index contributed by atoms with van der Waals surface area (Å²) < 4.78 is 5.38. The van der Waals surface area contributed by atoms with Gasteiger partial charge in [0.1, 0.15) is 11.6 Å². The third kappa shape index (κ3) is 3.42. The van der Waals surface area contributed by atoms with Crippen molar-refractivity contribution in [3.8, 4) is 5.88 Å². The zero-order valence-electron chi connectivity index (χ0n) is 9.93. The highest BCUT2D eigenvalue weighted by Gasteiger charge is 2.02. The van der Waals surface area contributed by atoms with Crippen LogP contribution in [-0.4, -0.2) is 16.6 Å². The van der Waals surface area contributed by atoms with Crippen molar-refractivity contribution in [1.29, 1.82) is 0 Å². The largest absolute Gasteiger partial charge is 0.478 e. The predicted octanol–water partition coefficient (Wildman–Crippen LogP) is 2.86. The van der Waals surface area contributed by atoms with Crippen LogP contribution in [0, 0.1) is 6.92 Å². The summed E-state index contributed by atoms with van der Waals surface area (Å²) in [5.74, 6) is 2.13. The summed E-state index contributed by atoms with van der Waals surface area (Å²) in [7, 11) is 0.